The van der Waals surface area contributed by atoms with Gasteiger partial charge in [-0.1, -0.05) is 18.0 Å². The molecule has 2 aromatic heterocycles. The van der Waals surface area contributed by atoms with Crippen molar-refractivity contribution in [3.05, 3.63) is 18.0 Å². The zero-order valence-corrected chi connectivity index (χ0v) is 11.4. The Morgan fingerprint density at radius 3 is 3.00 bits per heavy atom. The second-order valence-corrected chi connectivity index (χ2v) is 4.77. The summed E-state index contributed by atoms with van der Waals surface area (Å²) in [5, 5.41) is 15.3. The minimum Gasteiger partial charge on any atom is -0.480 e. The molecular formula is C13H17N5O2. The first-order valence-corrected chi connectivity index (χ1v) is 6.82. The Hall–Kier alpha value is -2.02. The molecule has 7 nitrogen and oxygen atoms in total. The zero-order valence-electron chi connectivity index (χ0n) is 11.4. The van der Waals surface area contributed by atoms with E-state index in [0.717, 1.165) is 13.0 Å². The Morgan fingerprint density at radius 1 is 1.25 bits per heavy atom. The van der Waals surface area contributed by atoms with E-state index in [4.69, 9.17) is 9.26 Å². The fourth-order valence-electron chi connectivity index (χ4n) is 2.27. The van der Waals surface area contributed by atoms with Crippen LogP contribution in [0.15, 0.2) is 16.7 Å². The SMILES string of the molecule is COc1ccc(-c2noc(C3CCCCCN3)n2)nn1. The van der Waals surface area contributed by atoms with Gasteiger partial charge in [-0.05, 0) is 25.5 Å². The van der Waals surface area contributed by atoms with Gasteiger partial charge in [-0.15, -0.1) is 10.2 Å². The predicted octanol–water partition coefficient (Wildman–Crippen LogP) is 1.74. The first-order valence-electron chi connectivity index (χ1n) is 6.82. The van der Waals surface area contributed by atoms with E-state index in [1.54, 1.807) is 19.2 Å². The molecule has 1 N–H and O–H groups in total. The van der Waals surface area contributed by atoms with Crippen molar-refractivity contribution in [2.24, 2.45) is 0 Å². The first-order chi connectivity index (χ1) is 9.86. The fourth-order valence-corrected chi connectivity index (χ4v) is 2.27. The molecule has 0 saturated carbocycles. The van der Waals surface area contributed by atoms with Gasteiger partial charge in [0.1, 0.15) is 5.69 Å². The lowest BCUT2D eigenvalue weighted by Gasteiger charge is -2.09. The van der Waals surface area contributed by atoms with Gasteiger partial charge in [-0.2, -0.15) is 4.98 Å². The van der Waals surface area contributed by atoms with E-state index in [0.29, 0.717) is 23.3 Å². The summed E-state index contributed by atoms with van der Waals surface area (Å²) < 4.78 is 10.3. The van der Waals surface area contributed by atoms with Crippen LogP contribution in [0.2, 0.25) is 0 Å². The van der Waals surface area contributed by atoms with Crippen LogP contribution in [-0.2, 0) is 0 Å². The van der Waals surface area contributed by atoms with E-state index < -0.39 is 0 Å². The predicted molar refractivity (Wildman–Crippen MR) is 71.1 cm³/mol. The highest BCUT2D eigenvalue weighted by Gasteiger charge is 2.21. The van der Waals surface area contributed by atoms with Crippen molar-refractivity contribution in [2.75, 3.05) is 13.7 Å². The summed E-state index contributed by atoms with van der Waals surface area (Å²) in [7, 11) is 1.55. The maximum Gasteiger partial charge on any atom is 0.244 e. The van der Waals surface area contributed by atoms with Crippen LogP contribution in [0.4, 0.5) is 0 Å². The number of methoxy groups -OCH3 is 1. The van der Waals surface area contributed by atoms with Gasteiger partial charge in [0.15, 0.2) is 0 Å². The molecule has 0 bridgehead atoms. The molecule has 3 heterocycles. The number of aromatic nitrogens is 4. The molecule has 1 aliphatic heterocycles. The Morgan fingerprint density at radius 2 is 2.20 bits per heavy atom. The Bertz CT molecular complexity index is 546. The Kier molecular flexibility index (Phi) is 3.87. The molecule has 106 valence electrons. The Labute approximate surface area is 116 Å². The highest BCUT2D eigenvalue weighted by Crippen LogP contribution is 2.23. The molecule has 3 rings (SSSR count). The van der Waals surface area contributed by atoms with Crippen molar-refractivity contribution in [1.29, 1.82) is 0 Å². The molecule has 1 saturated heterocycles. The summed E-state index contributed by atoms with van der Waals surface area (Å²) in [6.45, 7) is 0.991. The molecule has 2 aromatic rings. The van der Waals surface area contributed by atoms with Crippen LogP contribution in [0.25, 0.3) is 11.5 Å². The second-order valence-electron chi connectivity index (χ2n) is 4.77. The lowest BCUT2D eigenvalue weighted by molar-refractivity contribution is 0.327. The van der Waals surface area contributed by atoms with E-state index in [2.05, 4.69) is 25.7 Å². The summed E-state index contributed by atoms with van der Waals surface area (Å²) in [5.74, 6) is 1.55. The third kappa shape index (κ3) is 2.77. The normalized spacial score (nSPS) is 19.6. The topological polar surface area (TPSA) is 86.0 Å². The van der Waals surface area contributed by atoms with Crippen LogP contribution in [0, 0.1) is 0 Å². The second kappa shape index (κ2) is 5.96. The van der Waals surface area contributed by atoms with Gasteiger partial charge in [0.05, 0.1) is 13.2 Å². The van der Waals surface area contributed by atoms with Gasteiger partial charge in [-0.3, -0.25) is 0 Å². The lowest BCUT2D eigenvalue weighted by Crippen LogP contribution is -2.20. The van der Waals surface area contributed by atoms with Gasteiger partial charge in [-0.25, -0.2) is 0 Å². The molecule has 0 amide bonds. The van der Waals surface area contributed by atoms with Crippen LogP contribution in [-0.4, -0.2) is 34.0 Å². The maximum atomic E-state index is 5.35. The van der Waals surface area contributed by atoms with Crippen LogP contribution in [0.5, 0.6) is 5.88 Å². The van der Waals surface area contributed by atoms with Crippen molar-refractivity contribution in [2.45, 2.75) is 31.7 Å². The third-order valence-electron chi connectivity index (χ3n) is 3.38. The molecule has 7 heteroatoms. The van der Waals surface area contributed by atoms with Crippen LogP contribution >= 0.6 is 0 Å². The zero-order chi connectivity index (χ0) is 13.8. The fraction of sp³-hybridized carbons (Fsp3) is 0.538. The van der Waals surface area contributed by atoms with Crippen LogP contribution in [0.1, 0.15) is 37.6 Å². The van der Waals surface area contributed by atoms with Crippen LogP contribution < -0.4 is 10.1 Å². The molecule has 0 spiro atoms. The van der Waals surface area contributed by atoms with Gasteiger partial charge < -0.3 is 14.6 Å². The molecule has 1 unspecified atom stereocenters. The molecule has 0 aromatic carbocycles. The lowest BCUT2D eigenvalue weighted by atomic mass is 10.1. The summed E-state index contributed by atoms with van der Waals surface area (Å²) in [6, 6.07) is 3.63. The molecule has 1 aliphatic rings. The van der Waals surface area contributed by atoms with Gasteiger partial charge in [0.2, 0.25) is 17.6 Å². The smallest absolute Gasteiger partial charge is 0.244 e. The van der Waals surface area contributed by atoms with Crippen molar-refractivity contribution in [1.82, 2.24) is 25.7 Å². The van der Waals surface area contributed by atoms with Crippen molar-refractivity contribution >= 4 is 0 Å². The molecule has 0 radical (unpaired) electrons. The van der Waals surface area contributed by atoms with Gasteiger partial charge in [0.25, 0.3) is 0 Å². The van der Waals surface area contributed by atoms with E-state index >= 15 is 0 Å². The number of hydrogen-bond acceptors (Lipinski definition) is 7. The van der Waals surface area contributed by atoms with Gasteiger partial charge >= 0.3 is 0 Å². The maximum absolute atomic E-state index is 5.35. The molecular weight excluding hydrogens is 258 g/mol. The minimum absolute atomic E-state index is 0.143. The monoisotopic (exact) mass is 275 g/mol. The molecule has 1 fully saturated rings. The number of hydrogen-bond donors (Lipinski definition) is 1. The van der Waals surface area contributed by atoms with Crippen molar-refractivity contribution in [3.63, 3.8) is 0 Å². The Balaban J connectivity index is 1.78. The van der Waals surface area contributed by atoms with Crippen molar-refractivity contribution < 1.29 is 9.26 Å². The number of nitrogens with one attached hydrogen (secondary N) is 1. The van der Waals surface area contributed by atoms with Crippen molar-refractivity contribution in [3.8, 4) is 17.4 Å². The highest BCUT2D eigenvalue weighted by molar-refractivity contribution is 5.47. The van der Waals surface area contributed by atoms with Gasteiger partial charge in [0, 0.05) is 6.07 Å². The van der Waals surface area contributed by atoms with E-state index in [-0.39, 0.29) is 6.04 Å². The standard InChI is InChI=1S/C13H17N5O2/c1-19-11-7-6-9(16-17-11)12-15-13(20-18-12)10-5-3-2-4-8-14-10/h6-7,10,14H,2-5,8H2,1H3. The summed E-state index contributed by atoms with van der Waals surface area (Å²) in [6.07, 6.45) is 4.64. The van der Waals surface area contributed by atoms with Crippen LogP contribution in [0.3, 0.4) is 0 Å². The third-order valence-corrected chi connectivity index (χ3v) is 3.38. The highest BCUT2D eigenvalue weighted by atomic mass is 16.5. The van der Waals surface area contributed by atoms with E-state index in [1.165, 1.54) is 19.3 Å². The first kappa shape index (κ1) is 13.0. The summed E-state index contributed by atoms with van der Waals surface area (Å²) >= 11 is 0. The van der Waals surface area contributed by atoms with E-state index in [9.17, 15) is 0 Å². The minimum atomic E-state index is 0.143. The largest absolute Gasteiger partial charge is 0.480 e. The quantitative estimate of drug-likeness (QED) is 0.913. The summed E-state index contributed by atoms with van der Waals surface area (Å²) in [5.41, 5.74) is 0.578. The molecule has 1 atom stereocenters. The molecule has 20 heavy (non-hydrogen) atoms. The summed E-state index contributed by atoms with van der Waals surface area (Å²) in [4.78, 5) is 4.42. The number of rotatable bonds is 3. The number of nitrogens with zero attached hydrogens (tertiary/aromatic N) is 4. The van der Waals surface area contributed by atoms with E-state index in [1.807, 2.05) is 0 Å². The number of ether oxygens (including phenoxy) is 1. The average Bonchev–Trinajstić information content (AvgIpc) is 2.83. The molecule has 0 aliphatic carbocycles. The average molecular weight is 275 g/mol.